The molecule has 2 rings (SSSR count). The molecule has 1 fully saturated rings. The van der Waals surface area contributed by atoms with Gasteiger partial charge in [-0.05, 0) is 53.7 Å². The molecule has 1 aliphatic heterocycles. The number of carbonyl (C=O) groups excluding carboxylic acids is 3. The summed E-state index contributed by atoms with van der Waals surface area (Å²) in [5.74, 6) is -2.50. The molecular formula is C29H47BrN2O7Si2. The van der Waals surface area contributed by atoms with Crippen molar-refractivity contribution >= 4 is 55.8 Å². The highest BCUT2D eigenvalue weighted by atomic mass is 79.9. The number of halogens is 1. The second-order valence-corrected chi connectivity index (χ2v) is 25.1. The first-order valence-corrected chi connectivity index (χ1v) is 20.8. The average Bonchev–Trinajstić information content (AvgIpc) is 2.82. The van der Waals surface area contributed by atoms with Gasteiger partial charge in [-0.25, -0.2) is 4.79 Å². The number of β-lactam (4-membered cyclic amide) rings is 1. The summed E-state index contributed by atoms with van der Waals surface area (Å²) in [6.07, 6.45) is -0.347. The summed E-state index contributed by atoms with van der Waals surface area (Å²) >= 11 is 3.49. The lowest BCUT2D eigenvalue weighted by atomic mass is 9.77. The molecule has 5 atom stereocenters. The van der Waals surface area contributed by atoms with Crippen molar-refractivity contribution in [3.63, 3.8) is 0 Å². The van der Waals surface area contributed by atoms with Crippen LogP contribution < -0.4 is 0 Å². The number of ketones is 1. The van der Waals surface area contributed by atoms with E-state index in [-0.39, 0.29) is 40.4 Å². The predicted octanol–water partition coefficient (Wildman–Crippen LogP) is 6.85. The number of rotatable bonds is 11. The summed E-state index contributed by atoms with van der Waals surface area (Å²) in [7, 11) is -4.51. The van der Waals surface area contributed by atoms with E-state index in [1.165, 1.54) is 24.3 Å². The predicted molar refractivity (Wildman–Crippen MR) is 169 cm³/mol. The Labute approximate surface area is 255 Å². The second kappa shape index (κ2) is 12.4. The Hall–Kier alpha value is -1.90. The van der Waals surface area contributed by atoms with E-state index in [0.717, 1.165) is 0 Å². The van der Waals surface area contributed by atoms with Crippen LogP contribution in [-0.2, 0) is 30.2 Å². The van der Waals surface area contributed by atoms with E-state index in [4.69, 9.17) is 9.16 Å². The van der Waals surface area contributed by atoms with Crippen LogP contribution in [0, 0.1) is 22.0 Å². The molecule has 41 heavy (non-hydrogen) atoms. The third-order valence-electron chi connectivity index (χ3n) is 9.39. The monoisotopic (exact) mass is 670 g/mol. The number of nitro groups is 1. The van der Waals surface area contributed by atoms with Crippen molar-refractivity contribution in [1.82, 2.24) is 4.57 Å². The Kier molecular flexibility index (Phi) is 10.7. The number of hydrogen-bond donors (Lipinski definition) is 0. The molecule has 0 radical (unpaired) electrons. The molecule has 1 aromatic carbocycles. The number of alkyl halides is 1. The van der Waals surface area contributed by atoms with E-state index in [2.05, 4.69) is 83.7 Å². The average molecular weight is 672 g/mol. The molecule has 5 unspecified atom stereocenters. The number of amides is 1. The number of non-ortho nitro benzene ring substituents is 1. The lowest BCUT2D eigenvalue weighted by Gasteiger charge is -2.62. The van der Waals surface area contributed by atoms with Crippen molar-refractivity contribution in [2.75, 3.05) is 0 Å². The van der Waals surface area contributed by atoms with Crippen LogP contribution in [0.5, 0.6) is 0 Å². The summed E-state index contributed by atoms with van der Waals surface area (Å²) in [6, 6.07) is 5.30. The van der Waals surface area contributed by atoms with E-state index in [0.29, 0.717) is 5.56 Å². The lowest BCUT2D eigenvalue weighted by Crippen LogP contribution is -2.77. The molecule has 9 nitrogen and oxygen atoms in total. The van der Waals surface area contributed by atoms with Crippen molar-refractivity contribution in [3.05, 3.63) is 39.9 Å². The van der Waals surface area contributed by atoms with Gasteiger partial charge in [0.05, 0.1) is 21.8 Å². The molecule has 12 heteroatoms. The zero-order valence-corrected chi connectivity index (χ0v) is 30.1. The van der Waals surface area contributed by atoms with Gasteiger partial charge in [-0.15, -0.1) is 0 Å². The van der Waals surface area contributed by atoms with Gasteiger partial charge >= 0.3 is 5.97 Å². The Bertz CT molecular complexity index is 1160. The van der Waals surface area contributed by atoms with Crippen LogP contribution in [0.2, 0.25) is 36.3 Å². The standard InChI is InChI=1S/C29H47BrN2O7Si2/c1-18(23(30)25(33)27(35)38-17-20-13-15-21(16-14-20)32(36)37)24-22(19(2)39-41(11,12)29(6,7)8)26(34)31(24)40(9,10)28(3,4)5/h13-16,18-19,22-24H,17H2,1-12H3. The van der Waals surface area contributed by atoms with Gasteiger partial charge in [-0.1, -0.05) is 77.5 Å². The number of carbonyl (C=O) groups is 3. The molecule has 1 amide bonds. The number of nitrogens with zero attached hydrogens (tertiary/aromatic N) is 2. The Morgan fingerprint density at radius 3 is 1.98 bits per heavy atom. The third-order valence-corrected chi connectivity index (χ3v) is 20.6. The number of ether oxygens (including phenoxy) is 1. The Morgan fingerprint density at radius 1 is 1.02 bits per heavy atom. The van der Waals surface area contributed by atoms with Gasteiger partial charge in [-0.2, -0.15) is 0 Å². The topological polar surface area (TPSA) is 116 Å². The van der Waals surface area contributed by atoms with Gasteiger partial charge in [-0.3, -0.25) is 19.7 Å². The fraction of sp³-hybridized carbons (Fsp3) is 0.690. The minimum Gasteiger partial charge on any atom is -0.455 e. The largest absolute Gasteiger partial charge is 0.455 e. The van der Waals surface area contributed by atoms with Crippen LogP contribution in [0.4, 0.5) is 5.69 Å². The molecule has 230 valence electrons. The molecule has 1 heterocycles. The number of hydrogen-bond acceptors (Lipinski definition) is 7. The first-order valence-electron chi connectivity index (χ1n) is 14.0. The van der Waals surface area contributed by atoms with E-state index >= 15 is 0 Å². The summed E-state index contributed by atoms with van der Waals surface area (Å²) in [5, 5.41) is 10.7. The SMILES string of the molecule is CC(O[Si](C)(C)C(C)(C)C)C1C(=O)N([Si](C)(C)C(C)(C)C)C1C(C)C(Br)C(=O)C(=O)OCc1ccc([N+](=O)[O-])cc1. The molecule has 1 saturated heterocycles. The van der Waals surface area contributed by atoms with Gasteiger partial charge in [0.25, 0.3) is 11.5 Å². The van der Waals surface area contributed by atoms with Gasteiger partial charge in [0.2, 0.25) is 5.91 Å². The van der Waals surface area contributed by atoms with Crippen molar-refractivity contribution in [2.45, 2.75) is 115 Å². The maximum absolute atomic E-state index is 13.9. The maximum atomic E-state index is 13.9. The zero-order valence-electron chi connectivity index (χ0n) is 26.5. The third kappa shape index (κ3) is 7.37. The summed E-state index contributed by atoms with van der Waals surface area (Å²) in [4.78, 5) is 49.4. The minimum absolute atomic E-state index is 0.0321. The molecule has 0 bridgehead atoms. The first kappa shape index (κ1) is 35.3. The molecule has 0 spiro atoms. The van der Waals surface area contributed by atoms with E-state index in [1.807, 2.05) is 18.4 Å². The van der Waals surface area contributed by atoms with Crippen molar-refractivity contribution in [3.8, 4) is 0 Å². The number of esters is 1. The molecule has 0 N–H and O–H groups in total. The number of benzene rings is 1. The second-order valence-electron chi connectivity index (χ2n) is 14.2. The summed E-state index contributed by atoms with van der Waals surface area (Å²) in [6.45, 7) is 25.2. The van der Waals surface area contributed by atoms with E-state index < -0.39 is 49.9 Å². The fourth-order valence-corrected chi connectivity index (χ4v) is 9.25. The van der Waals surface area contributed by atoms with Crippen LogP contribution in [0.25, 0.3) is 0 Å². The van der Waals surface area contributed by atoms with Gasteiger partial charge in [0, 0.05) is 18.2 Å². The van der Waals surface area contributed by atoms with E-state index in [9.17, 15) is 24.5 Å². The number of nitro benzene ring substituents is 1. The van der Waals surface area contributed by atoms with Crippen LogP contribution in [0.15, 0.2) is 24.3 Å². The van der Waals surface area contributed by atoms with Crippen LogP contribution in [0.3, 0.4) is 0 Å². The molecule has 1 aliphatic rings. The highest BCUT2D eigenvalue weighted by molar-refractivity contribution is 9.10. The Balaban J connectivity index is 2.29. The summed E-state index contributed by atoms with van der Waals surface area (Å²) in [5.41, 5.74) is 0.453. The van der Waals surface area contributed by atoms with Crippen molar-refractivity contribution in [2.24, 2.45) is 11.8 Å². The summed E-state index contributed by atoms with van der Waals surface area (Å²) < 4.78 is 13.9. The molecule has 0 aliphatic carbocycles. The molecule has 1 aromatic rings. The maximum Gasteiger partial charge on any atom is 0.376 e. The fourth-order valence-electron chi connectivity index (χ4n) is 4.76. The van der Waals surface area contributed by atoms with Crippen LogP contribution >= 0.6 is 15.9 Å². The van der Waals surface area contributed by atoms with E-state index in [1.54, 1.807) is 0 Å². The van der Waals surface area contributed by atoms with Crippen molar-refractivity contribution in [1.29, 1.82) is 0 Å². The van der Waals surface area contributed by atoms with Gasteiger partial charge < -0.3 is 13.7 Å². The van der Waals surface area contributed by atoms with Crippen molar-refractivity contribution < 1.29 is 28.5 Å². The highest BCUT2D eigenvalue weighted by Gasteiger charge is 2.62. The highest BCUT2D eigenvalue weighted by Crippen LogP contribution is 2.50. The molecule has 0 saturated carbocycles. The normalized spacial score (nSPS) is 20.6. The first-order chi connectivity index (χ1) is 18.5. The van der Waals surface area contributed by atoms with Gasteiger partial charge in [0.15, 0.2) is 16.6 Å². The lowest BCUT2D eigenvalue weighted by molar-refractivity contribution is -0.384. The molecule has 0 aromatic heterocycles. The zero-order chi connectivity index (χ0) is 31.9. The number of Topliss-reactive ketones (excluding diaryl/α,β-unsaturated/α-hetero) is 1. The van der Waals surface area contributed by atoms with Crippen LogP contribution in [-0.4, -0.2) is 60.7 Å². The van der Waals surface area contributed by atoms with Crippen LogP contribution in [0.1, 0.15) is 61.0 Å². The smallest absolute Gasteiger partial charge is 0.376 e. The quantitative estimate of drug-likeness (QED) is 0.0481. The minimum atomic E-state index is -2.33. The Morgan fingerprint density at radius 2 is 1.54 bits per heavy atom. The van der Waals surface area contributed by atoms with Gasteiger partial charge in [0.1, 0.15) is 6.61 Å². The molecular weight excluding hydrogens is 624 g/mol.